The average Bonchev–Trinajstić information content (AvgIpc) is 2.56. The number of carbonyl (C=O) groups excluding carboxylic acids is 3. The van der Waals surface area contributed by atoms with Gasteiger partial charge in [0.25, 0.3) is 5.91 Å². The molecule has 1 atom stereocenters. The summed E-state index contributed by atoms with van der Waals surface area (Å²) in [6.07, 6.45) is -0.430. The number of nitrogens with one attached hydrogen (secondary N) is 2. The lowest BCUT2D eigenvalue weighted by atomic mass is 10.1. The molecule has 2 N–H and O–H groups in total. The van der Waals surface area contributed by atoms with Crippen LogP contribution in [0.4, 0.5) is 0 Å². The van der Waals surface area contributed by atoms with Gasteiger partial charge in [-0.15, -0.1) is 0 Å². The van der Waals surface area contributed by atoms with Crippen molar-refractivity contribution in [1.82, 2.24) is 15.5 Å². The molecule has 0 aliphatic carbocycles. The molecule has 1 unspecified atom stereocenters. The lowest BCUT2D eigenvalue weighted by molar-refractivity contribution is -0.150. The van der Waals surface area contributed by atoms with E-state index in [2.05, 4.69) is 10.6 Å². The summed E-state index contributed by atoms with van der Waals surface area (Å²) in [7, 11) is 0. The molecular formula is C17H20ClN3O4S. The van der Waals surface area contributed by atoms with Crippen molar-refractivity contribution in [3.05, 3.63) is 34.9 Å². The number of hydrogen-bond acceptors (Lipinski definition) is 5. The maximum absolute atomic E-state index is 12.3. The van der Waals surface area contributed by atoms with Crippen LogP contribution in [0.5, 0.6) is 0 Å². The lowest BCUT2D eigenvalue weighted by Gasteiger charge is -2.36. The number of amides is 2. The summed E-state index contributed by atoms with van der Waals surface area (Å²) in [6.45, 7) is 4.21. The number of esters is 1. The van der Waals surface area contributed by atoms with Gasteiger partial charge in [-0.05, 0) is 50.3 Å². The van der Waals surface area contributed by atoms with Crippen LogP contribution in [0.2, 0.25) is 5.02 Å². The standard InChI is InChI=1S/C17H20ClN3O4S/c1-10(2)25-14(22)9-13-16(24)19-7-8-21(13)17(26)20-15(23)11-3-5-12(18)6-4-11/h3-6,10,13H,7-9H2,1-2H3,(H,19,24)(H,20,23,26). The van der Waals surface area contributed by atoms with Crippen LogP contribution in [-0.4, -0.2) is 53.0 Å². The zero-order valence-corrected chi connectivity index (χ0v) is 16.0. The van der Waals surface area contributed by atoms with Crippen LogP contribution in [0.1, 0.15) is 30.6 Å². The van der Waals surface area contributed by atoms with Crippen molar-refractivity contribution in [1.29, 1.82) is 0 Å². The van der Waals surface area contributed by atoms with Crippen LogP contribution in [0.25, 0.3) is 0 Å². The van der Waals surface area contributed by atoms with Crippen molar-refractivity contribution < 1.29 is 19.1 Å². The highest BCUT2D eigenvalue weighted by molar-refractivity contribution is 7.80. The van der Waals surface area contributed by atoms with E-state index >= 15 is 0 Å². The van der Waals surface area contributed by atoms with Gasteiger partial charge in [-0.3, -0.25) is 19.7 Å². The summed E-state index contributed by atoms with van der Waals surface area (Å²) < 4.78 is 5.10. The van der Waals surface area contributed by atoms with Crippen molar-refractivity contribution in [3.63, 3.8) is 0 Å². The van der Waals surface area contributed by atoms with E-state index in [-0.39, 0.29) is 23.5 Å². The van der Waals surface area contributed by atoms with Gasteiger partial charge in [0.1, 0.15) is 6.04 Å². The van der Waals surface area contributed by atoms with E-state index in [9.17, 15) is 14.4 Å². The second kappa shape index (κ2) is 8.95. The minimum Gasteiger partial charge on any atom is -0.463 e. The molecule has 1 aliphatic rings. The minimum atomic E-state index is -0.826. The molecule has 0 saturated carbocycles. The van der Waals surface area contributed by atoms with Crippen molar-refractivity contribution in [2.45, 2.75) is 32.4 Å². The first-order chi connectivity index (χ1) is 12.3. The summed E-state index contributed by atoms with van der Waals surface area (Å²) in [5, 5.41) is 5.88. The van der Waals surface area contributed by atoms with Gasteiger partial charge in [0.05, 0.1) is 12.5 Å². The highest BCUT2D eigenvalue weighted by atomic mass is 35.5. The summed E-state index contributed by atoms with van der Waals surface area (Å²) >= 11 is 11.1. The minimum absolute atomic E-state index is 0.0853. The topological polar surface area (TPSA) is 87.7 Å². The Morgan fingerprint density at radius 1 is 1.38 bits per heavy atom. The SMILES string of the molecule is CC(C)OC(=O)CC1C(=O)NCCN1C(=S)NC(=O)c1ccc(Cl)cc1. The number of benzene rings is 1. The second-order valence-electron chi connectivity index (χ2n) is 6.01. The third kappa shape index (κ3) is 5.40. The van der Waals surface area contributed by atoms with Gasteiger partial charge in [-0.2, -0.15) is 0 Å². The van der Waals surface area contributed by atoms with Crippen LogP contribution in [0.3, 0.4) is 0 Å². The molecule has 2 amide bonds. The number of hydrogen-bond donors (Lipinski definition) is 2. The Hall–Kier alpha value is -2.19. The zero-order chi connectivity index (χ0) is 19.3. The molecule has 1 fully saturated rings. The van der Waals surface area contributed by atoms with Gasteiger partial charge in [-0.25, -0.2) is 0 Å². The second-order valence-corrected chi connectivity index (χ2v) is 6.83. The van der Waals surface area contributed by atoms with Crippen LogP contribution in [-0.2, 0) is 14.3 Å². The van der Waals surface area contributed by atoms with Crippen LogP contribution in [0, 0.1) is 0 Å². The monoisotopic (exact) mass is 397 g/mol. The molecule has 1 aromatic carbocycles. The van der Waals surface area contributed by atoms with E-state index in [1.54, 1.807) is 38.1 Å². The molecule has 0 bridgehead atoms. The van der Waals surface area contributed by atoms with E-state index in [0.717, 1.165) is 0 Å². The fraction of sp³-hybridized carbons (Fsp3) is 0.412. The number of thiocarbonyl (C=S) groups is 1. The van der Waals surface area contributed by atoms with Gasteiger partial charge in [0, 0.05) is 23.7 Å². The average molecular weight is 398 g/mol. The summed E-state index contributed by atoms with van der Waals surface area (Å²) in [4.78, 5) is 38.0. The van der Waals surface area contributed by atoms with Crippen molar-refractivity contribution >= 4 is 46.7 Å². The molecule has 9 heteroatoms. The molecule has 0 radical (unpaired) electrons. The van der Waals surface area contributed by atoms with E-state index in [1.165, 1.54) is 4.90 Å². The molecule has 26 heavy (non-hydrogen) atoms. The molecule has 1 aromatic rings. The lowest BCUT2D eigenvalue weighted by Crippen LogP contribution is -2.60. The van der Waals surface area contributed by atoms with Crippen molar-refractivity contribution in [2.24, 2.45) is 0 Å². The summed E-state index contributed by atoms with van der Waals surface area (Å²) in [5.74, 6) is -1.25. The molecule has 0 aromatic heterocycles. The van der Waals surface area contributed by atoms with E-state index in [4.69, 9.17) is 28.6 Å². The Balaban J connectivity index is 2.06. The highest BCUT2D eigenvalue weighted by Crippen LogP contribution is 2.13. The maximum atomic E-state index is 12.3. The quantitative estimate of drug-likeness (QED) is 0.591. The Bertz CT molecular complexity index is 708. The molecule has 7 nitrogen and oxygen atoms in total. The number of piperazine rings is 1. The fourth-order valence-electron chi connectivity index (χ4n) is 2.47. The van der Waals surface area contributed by atoms with Gasteiger partial charge >= 0.3 is 5.97 Å². The highest BCUT2D eigenvalue weighted by Gasteiger charge is 2.34. The number of carbonyl (C=O) groups is 3. The smallest absolute Gasteiger partial charge is 0.308 e. The van der Waals surface area contributed by atoms with Crippen LogP contribution in [0.15, 0.2) is 24.3 Å². The van der Waals surface area contributed by atoms with E-state index in [1.807, 2.05) is 0 Å². The van der Waals surface area contributed by atoms with Gasteiger partial charge in [0.15, 0.2) is 5.11 Å². The Labute approximate surface area is 162 Å². The molecule has 1 heterocycles. The molecule has 1 aliphatic heterocycles. The largest absolute Gasteiger partial charge is 0.463 e. The Kier molecular flexibility index (Phi) is 6.93. The van der Waals surface area contributed by atoms with Gasteiger partial charge in [0.2, 0.25) is 5.91 Å². The molecular weight excluding hydrogens is 378 g/mol. The molecule has 0 spiro atoms. The Morgan fingerprint density at radius 2 is 2.04 bits per heavy atom. The summed E-state index contributed by atoms with van der Waals surface area (Å²) in [5.41, 5.74) is 0.383. The van der Waals surface area contributed by atoms with Gasteiger partial charge < -0.3 is 15.0 Å². The summed E-state index contributed by atoms with van der Waals surface area (Å²) in [6, 6.07) is 5.51. The number of ether oxygens (including phenoxy) is 1. The van der Waals surface area contributed by atoms with E-state index < -0.39 is 17.9 Å². The molecule has 2 rings (SSSR count). The maximum Gasteiger partial charge on any atom is 0.308 e. The number of rotatable bonds is 4. The number of nitrogens with zero attached hydrogens (tertiary/aromatic N) is 1. The zero-order valence-electron chi connectivity index (χ0n) is 14.5. The first-order valence-corrected chi connectivity index (χ1v) is 8.91. The normalized spacial score (nSPS) is 16.8. The molecule has 1 saturated heterocycles. The predicted molar refractivity (Wildman–Crippen MR) is 101 cm³/mol. The fourth-order valence-corrected chi connectivity index (χ4v) is 2.91. The van der Waals surface area contributed by atoms with E-state index in [0.29, 0.717) is 23.7 Å². The predicted octanol–water partition coefficient (Wildman–Crippen LogP) is 1.50. The Morgan fingerprint density at radius 3 is 2.65 bits per heavy atom. The number of halogens is 1. The van der Waals surface area contributed by atoms with Crippen molar-refractivity contribution in [2.75, 3.05) is 13.1 Å². The molecule has 140 valence electrons. The first kappa shape index (κ1) is 20.1. The van der Waals surface area contributed by atoms with Crippen molar-refractivity contribution in [3.8, 4) is 0 Å². The van der Waals surface area contributed by atoms with Gasteiger partial charge in [-0.1, -0.05) is 11.6 Å². The van der Waals surface area contributed by atoms with Crippen LogP contribution < -0.4 is 10.6 Å². The third-order valence-electron chi connectivity index (χ3n) is 3.65. The first-order valence-electron chi connectivity index (χ1n) is 8.12. The van der Waals surface area contributed by atoms with Crippen LogP contribution >= 0.6 is 23.8 Å². The third-order valence-corrected chi connectivity index (χ3v) is 4.23.